The number of aromatic nitrogens is 2. The minimum Gasteiger partial charge on any atom is -0.461 e. The van der Waals surface area contributed by atoms with Gasteiger partial charge in [0.15, 0.2) is 5.69 Å². The Bertz CT molecular complexity index is 666. The number of amides is 1. The number of fused-ring (bicyclic) bond motifs is 1. The number of nitrogens with zero attached hydrogens (tertiary/aromatic N) is 3. The van der Waals surface area contributed by atoms with Crippen LogP contribution >= 0.6 is 11.6 Å². The maximum Gasteiger partial charge on any atom is 0.410 e. The van der Waals surface area contributed by atoms with Crippen molar-refractivity contribution in [1.82, 2.24) is 14.7 Å². The van der Waals surface area contributed by atoms with Gasteiger partial charge in [-0.05, 0) is 33.6 Å². The van der Waals surface area contributed by atoms with E-state index in [0.717, 1.165) is 11.3 Å². The van der Waals surface area contributed by atoms with Crippen LogP contribution in [0, 0.1) is 5.92 Å². The van der Waals surface area contributed by atoms with Crippen molar-refractivity contribution in [2.45, 2.75) is 59.7 Å². The summed E-state index contributed by atoms with van der Waals surface area (Å²) in [4.78, 5) is 26.5. The fourth-order valence-corrected chi connectivity index (χ4v) is 2.91. The molecule has 0 fully saturated rings. The Morgan fingerprint density at radius 1 is 1.35 bits per heavy atom. The Labute approximate surface area is 159 Å². The van der Waals surface area contributed by atoms with Gasteiger partial charge in [-0.2, -0.15) is 5.10 Å². The minimum atomic E-state index is -0.568. The second-order valence-electron chi connectivity index (χ2n) is 7.59. The largest absolute Gasteiger partial charge is 0.461 e. The van der Waals surface area contributed by atoms with Crippen LogP contribution < -0.4 is 0 Å². The smallest absolute Gasteiger partial charge is 0.410 e. The predicted molar refractivity (Wildman–Crippen MR) is 98.4 cm³/mol. The lowest BCUT2D eigenvalue weighted by Gasteiger charge is -2.29. The minimum absolute atomic E-state index is 0.160. The Hall–Kier alpha value is -1.76. The number of esters is 1. The van der Waals surface area contributed by atoms with E-state index in [4.69, 9.17) is 21.1 Å². The summed E-state index contributed by atoms with van der Waals surface area (Å²) in [6, 6.07) is 0. The van der Waals surface area contributed by atoms with Gasteiger partial charge in [-0.15, -0.1) is 11.6 Å². The second-order valence-corrected chi connectivity index (χ2v) is 7.90. The zero-order chi connectivity index (χ0) is 19.5. The zero-order valence-corrected chi connectivity index (χ0v) is 16.9. The van der Waals surface area contributed by atoms with Crippen LogP contribution in [0.4, 0.5) is 4.79 Å². The predicted octanol–water partition coefficient (Wildman–Crippen LogP) is 3.23. The Balaban J connectivity index is 2.31. The van der Waals surface area contributed by atoms with Crippen molar-refractivity contribution in [3.63, 3.8) is 0 Å². The average Bonchev–Trinajstić information content (AvgIpc) is 2.90. The van der Waals surface area contributed by atoms with Crippen molar-refractivity contribution in [2.24, 2.45) is 5.92 Å². The van der Waals surface area contributed by atoms with E-state index < -0.39 is 11.6 Å². The van der Waals surface area contributed by atoms with E-state index in [1.165, 1.54) is 0 Å². The number of carbonyl (C=O) groups is 2. The number of hydrogen-bond donors (Lipinski definition) is 0. The summed E-state index contributed by atoms with van der Waals surface area (Å²) >= 11 is 5.92. The highest BCUT2D eigenvalue weighted by Gasteiger charge is 2.32. The van der Waals surface area contributed by atoms with Gasteiger partial charge < -0.3 is 14.4 Å². The van der Waals surface area contributed by atoms with Crippen molar-refractivity contribution in [2.75, 3.05) is 19.0 Å². The Morgan fingerprint density at radius 2 is 2.04 bits per heavy atom. The van der Waals surface area contributed by atoms with Gasteiger partial charge in [0.1, 0.15) is 5.60 Å². The maximum absolute atomic E-state index is 12.5. The fourth-order valence-electron chi connectivity index (χ4n) is 2.81. The molecule has 1 aliphatic rings. The van der Waals surface area contributed by atoms with Crippen molar-refractivity contribution >= 4 is 23.7 Å². The maximum atomic E-state index is 12.5. The van der Waals surface area contributed by atoms with Crippen LogP contribution in [-0.2, 0) is 29.0 Å². The topological polar surface area (TPSA) is 73.7 Å². The molecule has 1 aromatic rings. The third kappa shape index (κ3) is 4.90. The van der Waals surface area contributed by atoms with Crippen LogP contribution in [0.1, 0.15) is 56.4 Å². The van der Waals surface area contributed by atoms with Crippen LogP contribution in [0.5, 0.6) is 0 Å². The Kier molecular flexibility index (Phi) is 6.55. The van der Waals surface area contributed by atoms with Gasteiger partial charge in [0.25, 0.3) is 0 Å². The zero-order valence-electron chi connectivity index (χ0n) is 16.2. The number of alkyl halides is 1. The van der Waals surface area contributed by atoms with E-state index in [9.17, 15) is 9.59 Å². The first-order valence-electron chi connectivity index (χ1n) is 8.95. The molecule has 7 nitrogen and oxygen atoms in total. The molecule has 1 aromatic heterocycles. The van der Waals surface area contributed by atoms with Crippen LogP contribution in [0.15, 0.2) is 0 Å². The number of hydrogen-bond acceptors (Lipinski definition) is 5. The summed E-state index contributed by atoms with van der Waals surface area (Å²) in [5.74, 6) is 0.207. The quantitative estimate of drug-likeness (QED) is 0.574. The van der Waals surface area contributed by atoms with E-state index in [0.29, 0.717) is 31.1 Å². The molecular weight excluding hydrogens is 358 g/mol. The van der Waals surface area contributed by atoms with Crippen LogP contribution in [0.25, 0.3) is 0 Å². The molecule has 0 N–H and O–H groups in total. The van der Waals surface area contributed by atoms with Crippen molar-refractivity contribution in [3.05, 3.63) is 17.0 Å². The van der Waals surface area contributed by atoms with Gasteiger partial charge in [-0.1, -0.05) is 6.92 Å². The molecule has 0 saturated carbocycles. The molecule has 0 radical (unpaired) electrons. The van der Waals surface area contributed by atoms with Gasteiger partial charge in [-0.3, -0.25) is 4.68 Å². The fraction of sp³-hybridized carbons (Fsp3) is 0.722. The number of halogens is 1. The molecule has 1 unspecified atom stereocenters. The van der Waals surface area contributed by atoms with Crippen LogP contribution in [0.2, 0.25) is 0 Å². The molecule has 0 aliphatic carbocycles. The van der Waals surface area contributed by atoms with Crippen LogP contribution in [0.3, 0.4) is 0 Å². The van der Waals surface area contributed by atoms with Crippen molar-refractivity contribution in [1.29, 1.82) is 0 Å². The Morgan fingerprint density at radius 3 is 2.62 bits per heavy atom. The lowest BCUT2D eigenvalue weighted by atomic mass is 10.1. The standard InChI is InChI=1S/C18H28ClN3O4/c1-6-25-16(23)15-13-11-21(17(24)26-18(3,4)5)8-7-14(13)20-22(15)10-12(2)9-19/h12H,6-11H2,1-5H3. The third-order valence-electron chi connectivity index (χ3n) is 3.97. The summed E-state index contributed by atoms with van der Waals surface area (Å²) < 4.78 is 12.3. The molecule has 2 rings (SSSR count). The molecule has 1 amide bonds. The molecule has 0 bridgehead atoms. The van der Waals surface area contributed by atoms with Gasteiger partial charge >= 0.3 is 12.1 Å². The second kappa shape index (κ2) is 8.29. The number of rotatable bonds is 5. The lowest BCUT2D eigenvalue weighted by Crippen LogP contribution is -2.40. The highest BCUT2D eigenvalue weighted by Crippen LogP contribution is 2.25. The normalized spacial score (nSPS) is 15.4. The van der Waals surface area contributed by atoms with Crippen LogP contribution in [-0.4, -0.2) is 51.4 Å². The number of ether oxygens (including phenoxy) is 2. The van der Waals surface area contributed by atoms with E-state index in [-0.39, 0.29) is 25.2 Å². The van der Waals surface area contributed by atoms with E-state index in [2.05, 4.69) is 5.10 Å². The average molecular weight is 386 g/mol. The highest BCUT2D eigenvalue weighted by atomic mass is 35.5. The lowest BCUT2D eigenvalue weighted by molar-refractivity contribution is 0.0220. The van der Waals surface area contributed by atoms with Gasteiger partial charge in [0.05, 0.1) is 18.8 Å². The summed E-state index contributed by atoms with van der Waals surface area (Å²) in [5.41, 5.74) is 1.41. The molecule has 0 spiro atoms. The first-order valence-corrected chi connectivity index (χ1v) is 9.49. The number of carbonyl (C=O) groups excluding carboxylic acids is 2. The van der Waals surface area contributed by atoms with Gasteiger partial charge in [-0.25, -0.2) is 9.59 Å². The molecule has 146 valence electrons. The summed E-state index contributed by atoms with van der Waals surface area (Å²) in [7, 11) is 0. The first kappa shape index (κ1) is 20.6. The molecule has 1 aliphatic heterocycles. The summed E-state index contributed by atoms with van der Waals surface area (Å²) in [6.45, 7) is 10.8. The third-order valence-corrected chi connectivity index (χ3v) is 4.50. The molecule has 26 heavy (non-hydrogen) atoms. The molecule has 1 atom stereocenters. The molecule has 0 aromatic carbocycles. The van der Waals surface area contributed by atoms with Crippen molar-refractivity contribution in [3.8, 4) is 0 Å². The van der Waals surface area contributed by atoms with Crippen molar-refractivity contribution < 1.29 is 19.1 Å². The van der Waals surface area contributed by atoms with E-state index in [1.807, 2.05) is 27.7 Å². The first-order chi connectivity index (χ1) is 12.2. The molecule has 8 heteroatoms. The molecule has 2 heterocycles. The van der Waals surface area contributed by atoms with E-state index in [1.54, 1.807) is 16.5 Å². The van der Waals surface area contributed by atoms with E-state index >= 15 is 0 Å². The molecule has 0 saturated heterocycles. The van der Waals surface area contributed by atoms with Gasteiger partial charge in [0.2, 0.25) is 0 Å². The van der Waals surface area contributed by atoms with Gasteiger partial charge in [0, 0.05) is 31.0 Å². The summed E-state index contributed by atoms with van der Waals surface area (Å²) in [5, 5.41) is 4.59. The summed E-state index contributed by atoms with van der Waals surface area (Å²) in [6.07, 6.45) is 0.184. The monoisotopic (exact) mass is 385 g/mol. The highest BCUT2D eigenvalue weighted by molar-refractivity contribution is 6.18. The molecular formula is C18H28ClN3O4. The SMILES string of the molecule is CCOC(=O)c1c2c(nn1CC(C)CCl)CCN(C(=O)OC(C)(C)C)C2.